The Morgan fingerprint density at radius 1 is 0.953 bits per heavy atom. The number of amides is 3. The zero-order chi connectivity index (χ0) is 31.3. The van der Waals surface area contributed by atoms with Crippen LogP contribution in [0.4, 0.5) is 10.5 Å². The third-order valence-corrected chi connectivity index (χ3v) is 7.68. The summed E-state index contributed by atoms with van der Waals surface area (Å²) in [6.45, 7) is 11.4. The topological polar surface area (TPSA) is 97.0 Å². The van der Waals surface area contributed by atoms with Crippen molar-refractivity contribution in [2.45, 2.75) is 78.1 Å². The van der Waals surface area contributed by atoms with E-state index >= 15 is 0 Å². The summed E-state index contributed by atoms with van der Waals surface area (Å²) in [6.07, 6.45) is 0.319. The fourth-order valence-electron chi connectivity index (χ4n) is 5.11. The molecule has 3 amide bonds. The van der Waals surface area contributed by atoms with E-state index in [9.17, 15) is 14.4 Å². The number of aryl methyl sites for hydroxylation is 2. The van der Waals surface area contributed by atoms with Crippen LogP contribution in [0.1, 0.15) is 62.4 Å². The predicted octanol–water partition coefficient (Wildman–Crippen LogP) is 6.36. The largest absolute Gasteiger partial charge is 0.497 e. The highest BCUT2D eigenvalue weighted by atomic mass is 16.6. The van der Waals surface area contributed by atoms with Crippen molar-refractivity contribution >= 4 is 23.6 Å². The second-order valence-electron chi connectivity index (χ2n) is 12.4. The number of rotatable bonds is 10. The Bertz CT molecular complexity index is 1430. The molecule has 0 spiro atoms. The molecule has 8 nitrogen and oxygen atoms in total. The first-order valence-corrected chi connectivity index (χ1v) is 14.7. The number of alkyl carbamates (subject to hydrolysis) is 1. The summed E-state index contributed by atoms with van der Waals surface area (Å²) in [7, 11) is 1.58. The maximum Gasteiger partial charge on any atom is 0.408 e. The number of carbonyl (C=O) groups is 3. The summed E-state index contributed by atoms with van der Waals surface area (Å²) < 4.78 is 10.8. The predicted molar refractivity (Wildman–Crippen MR) is 168 cm³/mol. The summed E-state index contributed by atoms with van der Waals surface area (Å²) >= 11 is 0. The standard InChI is InChI=1S/C35H43N3O5/c1-22-13-14-26(19-23(22)2)31(32(39)36-27-15-17-28(42-7)18-16-27)38(30-20-24(30)3)33(40)29(21-25-11-9-8-10-12-25)37-34(41)43-35(4,5)6/h8-19,24,29-31H,20-21H2,1-7H3,(H,36,39)(H,37,41). The Morgan fingerprint density at radius 3 is 2.16 bits per heavy atom. The highest BCUT2D eigenvalue weighted by Crippen LogP contribution is 2.41. The van der Waals surface area contributed by atoms with Crippen LogP contribution in [0.15, 0.2) is 72.8 Å². The lowest BCUT2D eigenvalue weighted by molar-refractivity contribution is -0.141. The van der Waals surface area contributed by atoms with Gasteiger partial charge in [-0.1, -0.05) is 55.5 Å². The average molecular weight is 586 g/mol. The second-order valence-corrected chi connectivity index (χ2v) is 12.4. The van der Waals surface area contributed by atoms with Gasteiger partial charge in [-0.25, -0.2) is 4.79 Å². The van der Waals surface area contributed by atoms with Crippen molar-refractivity contribution < 1.29 is 23.9 Å². The first-order chi connectivity index (χ1) is 20.4. The molecule has 4 unspecified atom stereocenters. The maximum absolute atomic E-state index is 14.6. The summed E-state index contributed by atoms with van der Waals surface area (Å²) in [5.41, 5.74) is 3.54. The quantitative estimate of drug-likeness (QED) is 0.288. The van der Waals surface area contributed by atoms with Gasteiger partial charge in [-0.3, -0.25) is 9.59 Å². The van der Waals surface area contributed by atoms with Crippen LogP contribution in [0.3, 0.4) is 0 Å². The van der Waals surface area contributed by atoms with Crippen molar-refractivity contribution in [1.82, 2.24) is 10.2 Å². The Morgan fingerprint density at radius 2 is 1.60 bits per heavy atom. The van der Waals surface area contributed by atoms with E-state index in [2.05, 4.69) is 17.6 Å². The van der Waals surface area contributed by atoms with E-state index in [0.717, 1.165) is 23.1 Å². The molecule has 3 aromatic carbocycles. The van der Waals surface area contributed by atoms with Gasteiger partial charge >= 0.3 is 6.09 Å². The van der Waals surface area contributed by atoms with E-state index in [4.69, 9.17) is 9.47 Å². The third-order valence-electron chi connectivity index (χ3n) is 7.68. The number of hydrogen-bond acceptors (Lipinski definition) is 5. The molecule has 1 aliphatic carbocycles. The number of anilines is 1. The van der Waals surface area contributed by atoms with Crippen molar-refractivity contribution in [2.24, 2.45) is 5.92 Å². The van der Waals surface area contributed by atoms with Gasteiger partial charge in [0.2, 0.25) is 5.91 Å². The van der Waals surface area contributed by atoms with Crippen LogP contribution >= 0.6 is 0 Å². The molecule has 0 heterocycles. The van der Waals surface area contributed by atoms with Crippen molar-refractivity contribution in [2.75, 3.05) is 12.4 Å². The number of hydrogen-bond donors (Lipinski definition) is 2. The minimum absolute atomic E-state index is 0.167. The van der Waals surface area contributed by atoms with Crippen LogP contribution < -0.4 is 15.4 Å². The van der Waals surface area contributed by atoms with E-state index in [1.54, 1.807) is 57.0 Å². The number of methoxy groups -OCH3 is 1. The molecule has 4 rings (SSSR count). The first kappa shape index (κ1) is 31.6. The fraction of sp³-hybridized carbons (Fsp3) is 0.400. The van der Waals surface area contributed by atoms with Gasteiger partial charge < -0.3 is 25.0 Å². The molecule has 4 atom stereocenters. The summed E-state index contributed by atoms with van der Waals surface area (Å²) in [5, 5.41) is 5.85. The van der Waals surface area contributed by atoms with Gasteiger partial charge in [0.1, 0.15) is 23.4 Å². The van der Waals surface area contributed by atoms with Gasteiger partial charge in [0, 0.05) is 18.2 Å². The summed E-state index contributed by atoms with van der Waals surface area (Å²) in [5.74, 6) is 0.198. The second kappa shape index (κ2) is 13.3. The van der Waals surface area contributed by atoms with Crippen LogP contribution in [0, 0.1) is 19.8 Å². The normalized spacial score (nSPS) is 17.3. The molecule has 0 radical (unpaired) electrons. The Labute approximate surface area is 254 Å². The third kappa shape index (κ3) is 8.37. The Balaban J connectivity index is 1.75. The van der Waals surface area contributed by atoms with Gasteiger partial charge in [-0.15, -0.1) is 0 Å². The molecule has 1 fully saturated rings. The van der Waals surface area contributed by atoms with Gasteiger partial charge in [0.15, 0.2) is 0 Å². The van der Waals surface area contributed by atoms with E-state index in [1.165, 1.54) is 0 Å². The van der Waals surface area contributed by atoms with E-state index < -0.39 is 23.8 Å². The zero-order valence-corrected chi connectivity index (χ0v) is 26.1. The number of nitrogens with one attached hydrogen (secondary N) is 2. The van der Waals surface area contributed by atoms with Gasteiger partial charge in [0.05, 0.1) is 7.11 Å². The van der Waals surface area contributed by atoms with Crippen molar-refractivity contribution in [1.29, 1.82) is 0 Å². The van der Waals surface area contributed by atoms with Crippen molar-refractivity contribution in [3.63, 3.8) is 0 Å². The molecule has 0 aromatic heterocycles. The minimum Gasteiger partial charge on any atom is -0.497 e. The fourth-order valence-corrected chi connectivity index (χ4v) is 5.11. The molecule has 228 valence electrons. The van der Waals surface area contributed by atoms with Crippen LogP contribution in [0.2, 0.25) is 0 Å². The molecule has 0 saturated heterocycles. The Kier molecular flexibility index (Phi) is 9.79. The van der Waals surface area contributed by atoms with E-state index in [1.807, 2.05) is 62.4 Å². The lowest BCUT2D eigenvalue weighted by Gasteiger charge is -2.35. The number of carbonyl (C=O) groups excluding carboxylic acids is 3. The van der Waals surface area contributed by atoms with E-state index in [-0.39, 0.29) is 30.2 Å². The molecule has 3 aromatic rings. The van der Waals surface area contributed by atoms with Crippen LogP contribution in [0.25, 0.3) is 0 Å². The molecule has 1 aliphatic rings. The number of ether oxygens (including phenoxy) is 2. The molecule has 1 saturated carbocycles. The SMILES string of the molecule is COc1ccc(NC(=O)C(c2ccc(C)c(C)c2)N(C(=O)C(Cc2ccccc2)NC(=O)OC(C)(C)C)C2CC2C)cc1. The highest BCUT2D eigenvalue weighted by Gasteiger charge is 2.48. The Hall–Kier alpha value is -4.33. The molecule has 43 heavy (non-hydrogen) atoms. The smallest absolute Gasteiger partial charge is 0.408 e. The van der Waals surface area contributed by atoms with Crippen LogP contribution in [0.5, 0.6) is 5.75 Å². The minimum atomic E-state index is -0.951. The van der Waals surface area contributed by atoms with Crippen LogP contribution in [-0.4, -0.2) is 47.6 Å². The maximum atomic E-state index is 14.6. The van der Waals surface area contributed by atoms with Gasteiger partial charge in [0.25, 0.3) is 5.91 Å². The number of benzene rings is 3. The number of nitrogens with zero attached hydrogens (tertiary/aromatic N) is 1. The van der Waals surface area contributed by atoms with Crippen molar-refractivity contribution in [3.05, 3.63) is 95.1 Å². The van der Waals surface area contributed by atoms with E-state index in [0.29, 0.717) is 17.0 Å². The molecule has 0 bridgehead atoms. The molecular formula is C35H43N3O5. The molecular weight excluding hydrogens is 542 g/mol. The lowest BCUT2D eigenvalue weighted by Crippen LogP contribution is -2.54. The summed E-state index contributed by atoms with van der Waals surface area (Å²) in [4.78, 5) is 43.5. The van der Waals surface area contributed by atoms with Gasteiger partial charge in [-0.05, 0) is 93.5 Å². The average Bonchev–Trinajstić information content (AvgIpc) is 3.68. The van der Waals surface area contributed by atoms with Crippen molar-refractivity contribution in [3.8, 4) is 5.75 Å². The molecule has 8 heteroatoms. The summed E-state index contributed by atoms with van der Waals surface area (Å²) in [6, 6.07) is 20.4. The molecule has 0 aliphatic heterocycles. The highest BCUT2D eigenvalue weighted by molar-refractivity contribution is 5.99. The lowest BCUT2D eigenvalue weighted by atomic mass is 9.97. The zero-order valence-electron chi connectivity index (χ0n) is 26.1. The monoisotopic (exact) mass is 585 g/mol. The molecule has 2 N–H and O–H groups in total. The van der Waals surface area contributed by atoms with Gasteiger partial charge in [-0.2, -0.15) is 0 Å². The van der Waals surface area contributed by atoms with Crippen LogP contribution in [-0.2, 0) is 20.7 Å². The first-order valence-electron chi connectivity index (χ1n) is 14.7.